The molecule has 12 heteroatoms. The van der Waals surface area contributed by atoms with Gasteiger partial charge in [0.2, 0.25) is 0 Å². The molecule has 1 heterocycles. The van der Waals surface area contributed by atoms with Gasteiger partial charge in [-0.2, -0.15) is 0 Å². The number of carbonyl (C=O) groups is 4. The van der Waals surface area contributed by atoms with Crippen LogP contribution in [-0.2, 0) is 42.9 Å². The number of carboxylic acid groups (broad SMARTS) is 1. The van der Waals surface area contributed by atoms with E-state index < -0.39 is 67.3 Å². The summed E-state index contributed by atoms with van der Waals surface area (Å²) in [5, 5.41) is 31.6. The molecule has 0 saturated carbocycles. The zero-order valence-electron chi connectivity index (χ0n) is 51.4. The van der Waals surface area contributed by atoms with Crippen molar-refractivity contribution in [2.24, 2.45) is 0 Å². The van der Waals surface area contributed by atoms with Gasteiger partial charge >= 0.3 is 23.9 Å². The molecule has 464 valence electrons. The molecule has 0 spiro atoms. The number of ether oxygens (including phenoxy) is 5. The summed E-state index contributed by atoms with van der Waals surface area (Å²) in [6.45, 7) is 6.04. The Morgan fingerprint density at radius 3 is 1.09 bits per heavy atom. The average Bonchev–Trinajstić information content (AvgIpc) is 3.44. The molecule has 1 saturated heterocycles. The fourth-order valence-electron chi connectivity index (χ4n) is 10.7. The summed E-state index contributed by atoms with van der Waals surface area (Å²) < 4.78 is 28.6. The molecule has 0 aromatic heterocycles. The van der Waals surface area contributed by atoms with Crippen molar-refractivity contribution in [1.82, 2.24) is 0 Å². The van der Waals surface area contributed by atoms with Crippen molar-refractivity contribution >= 4 is 23.9 Å². The highest BCUT2D eigenvalue weighted by molar-refractivity contribution is 5.74. The van der Waals surface area contributed by atoms with Crippen molar-refractivity contribution in [3.63, 3.8) is 0 Å². The third-order valence-electron chi connectivity index (χ3n) is 15.8. The fourth-order valence-corrected chi connectivity index (χ4v) is 10.7. The second-order valence-electron chi connectivity index (χ2n) is 23.5. The Kier molecular flexibility index (Phi) is 52.8. The first-order valence-electron chi connectivity index (χ1n) is 33.7. The minimum absolute atomic E-state index is 0.0684. The molecule has 1 rings (SSSR count). The van der Waals surface area contributed by atoms with Gasteiger partial charge in [0, 0.05) is 19.3 Å². The number of aliphatic hydroxyl groups excluding tert-OH is 2. The van der Waals surface area contributed by atoms with Gasteiger partial charge in [-0.1, -0.05) is 290 Å². The second kappa shape index (κ2) is 56.0. The van der Waals surface area contributed by atoms with Crippen molar-refractivity contribution < 1.29 is 58.2 Å². The summed E-state index contributed by atoms with van der Waals surface area (Å²) in [5.41, 5.74) is 0. The third kappa shape index (κ3) is 45.6. The van der Waals surface area contributed by atoms with Crippen molar-refractivity contribution in [3.8, 4) is 0 Å². The molecule has 6 atom stereocenters. The number of esters is 3. The molecule has 1 fully saturated rings. The minimum atomic E-state index is -1.90. The lowest BCUT2D eigenvalue weighted by molar-refractivity contribution is -0.301. The highest BCUT2D eigenvalue weighted by Gasteiger charge is 2.50. The summed E-state index contributed by atoms with van der Waals surface area (Å²) in [7, 11) is 0. The number of hydrogen-bond acceptors (Lipinski definition) is 11. The number of aliphatic hydroxyl groups is 2. The maximum Gasteiger partial charge on any atom is 0.335 e. The average molecular weight is 1120 g/mol. The van der Waals surface area contributed by atoms with Gasteiger partial charge < -0.3 is 39.0 Å². The lowest BCUT2D eigenvalue weighted by Crippen LogP contribution is -2.61. The first-order valence-corrected chi connectivity index (χ1v) is 33.7. The summed E-state index contributed by atoms with van der Waals surface area (Å²) in [6.07, 6.45) is 51.7. The van der Waals surface area contributed by atoms with Crippen LogP contribution < -0.4 is 0 Å². The topological polar surface area (TPSA) is 175 Å². The monoisotopic (exact) mass is 1120 g/mol. The minimum Gasteiger partial charge on any atom is -0.479 e. The molecule has 6 unspecified atom stereocenters. The second-order valence-corrected chi connectivity index (χ2v) is 23.5. The van der Waals surface area contributed by atoms with Crippen LogP contribution in [0.5, 0.6) is 0 Å². The van der Waals surface area contributed by atoms with E-state index in [-0.39, 0.29) is 25.9 Å². The Hall–Kier alpha value is -2.54. The standard InChI is InChI=1S/C67H124O12/c1-4-7-10-13-16-19-22-25-27-29-30-32-33-36-38-41-44-47-50-53-59(68)75-56-58(77-60(69)54-51-48-45-42-39-35-24-21-18-15-12-9-6-3)57-76-67-65(63(72)62(71)64(79-67)66(73)74)78-61(70)55-52-49-46-43-40-37-34-31-28-26-23-20-17-14-11-8-5-2/h21,24,58,62-65,67,71-72H,4-20,22-23,25-57H2,1-3H3,(H,73,74)/b24-21-. The maximum atomic E-state index is 13.2. The molecule has 12 nitrogen and oxygen atoms in total. The highest BCUT2D eigenvalue weighted by Crippen LogP contribution is 2.27. The molecular formula is C67H124O12. The molecule has 1 aliphatic heterocycles. The maximum absolute atomic E-state index is 13.2. The smallest absolute Gasteiger partial charge is 0.335 e. The molecule has 1 aliphatic rings. The van der Waals surface area contributed by atoms with E-state index in [2.05, 4.69) is 32.9 Å². The first kappa shape index (κ1) is 74.5. The highest BCUT2D eigenvalue weighted by atomic mass is 16.7. The zero-order valence-corrected chi connectivity index (χ0v) is 51.4. The fraction of sp³-hybridized carbons (Fsp3) is 0.910. The molecule has 0 aliphatic carbocycles. The SMILES string of the molecule is CCCCCC/C=C\CCCCCCCC(=O)OC(COC(=O)CCCCCCCCCCCCCCCCCCCCC)COC1OC(C(=O)O)C(O)C(O)C1OC(=O)CCCCCCCCCCCCCCCCCCC. The van der Waals surface area contributed by atoms with Crippen LogP contribution in [0.15, 0.2) is 12.2 Å². The van der Waals surface area contributed by atoms with Gasteiger partial charge in [0.05, 0.1) is 6.61 Å². The number of allylic oxidation sites excluding steroid dienone is 2. The number of unbranched alkanes of at least 4 members (excludes halogenated alkanes) is 43. The number of rotatable bonds is 59. The molecule has 0 aromatic carbocycles. The van der Waals surface area contributed by atoms with Gasteiger partial charge in [0.25, 0.3) is 0 Å². The Balaban J connectivity index is 2.60. The van der Waals surface area contributed by atoms with E-state index in [1.54, 1.807) is 0 Å². The van der Waals surface area contributed by atoms with Crippen molar-refractivity contribution in [2.45, 2.75) is 379 Å². The molecule has 3 N–H and O–H groups in total. The molecule has 0 aromatic rings. The van der Waals surface area contributed by atoms with E-state index in [4.69, 9.17) is 23.7 Å². The first-order chi connectivity index (χ1) is 38.6. The Morgan fingerprint density at radius 1 is 0.405 bits per heavy atom. The van der Waals surface area contributed by atoms with E-state index in [0.29, 0.717) is 19.3 Å². The lowest BCUT2D eigenvalue weighted by atomic mass is 9.98. The molecule has 0 bridgehead atoms. The van der Waals surface area contributed by atoms with Crippen molar-refractivity contribution in [3.05, 3.63) is 12.2 Å². The lowest BCUT2D eigenvalue weighted by Gasteiger charge is -2.40. The molecule has 0 radical (unpaired) electrons. The Morgan fingerprint density at radius 2 is 0.722 bits per heavy atom. The largest absolute Gasteiger partial charge is 0.479 e. The number of hydrogen-bond donors (Lipinski definition) is 3. The van der Waals surface area contributed by atoms with Gasteiger partial charge in [0.1, 0.15) is 18.8 Å². The predicted molar refractivity (Wildman–Crippen MR) is 322 cm³/mol. The van der Waals surface area contributed by atoms with E-state index >= 15 is 0 Å². The summed E-state index contributed by atoms with van der Waals surface area (Å²) in [4.78, 5) is 51.3. The van der Waals surface area contributed by atoms with E-state index in [1.807, 2.05) is 0 Å². The van der Waals surface area contributed by atoms with Crippen LogP contribution in [-0.4, -0.2) is 89.2 Å². The van der Waals surface area contributed by atoms with Gasteiger partial charge in [-0.15, -0.1) is 0 Å². The van der Waals surface area contributed by atoms with Gasteiger partial charge in [-0.3, -0.25) is 14.4 Å². The van der Waals surface area contributed by atoms with Crippen LogP contribution in [0.25, 0.3) is 0 Å². The van der Waals surface area contributed by atoms with Gasteiger partial charge in [-0.05, 0) is 44.9 Å². The van der Waals surface area contributed by atoms with Crippen LogP contribution >= 0.6 is 0 Å². The number of carbonyl (C=O) groups excluding carboxylic acids is 3. The van der Waals surface area contributed by atoms with Crippen LogP contribution in [0.4, 0.5) is 0 Å². The summed E-state index contributed by atoms with van der Waals surface area (Å²) >= 11 is 0. The van der Waals surface area contributed by atoms with Crippen molar-refractivity contribution in [1.29, 1.82) is 0 Å². The van der Waals surface area contributed by atoms with E-state index in [9.17, 15) is 34.5 Å². The van der Waals surface area contributed by atoms with Crippen LogP contribution in [0.1, 0.15) is 342 Å². The quantitative estimate of drug-likeness (QED) is 0.0228. The predicted octanol–water partition coefficient (Wildman–Crippen LogP) is 18.0. The Bertz CT molecular complexity index is 1420. The van der Waals surface area contributed by atoms with Crippen LogP contribution in [0.2, 0.25) is 0 Å². The van der Waals surface area contributed by atoms with Crippen molar-refractivity contribution in [2.75, 3.05) is 13.2 Å². The summed E-state index contributed by atoms with van der Waals surface area (Å²) in [6, 6.07) is 0. The van der Waals surface area contributed by atoms with Crippen LogP contribution in [0, 0.1) is 0 Å². The molecule has 79 heavy (non-hydrogen) atoms. The van der Waals surface area contributed by atoms with E-state index in [1.165, 1.54) is 205 Å². The molecule has 0 amide bonds. The third-order valence-corrected chi connectivity index (χ3v) is 15.8. The number of aliphatic carboxylic acids is 1. The normalized spacial score (nSPS) is 17.8. The number of carboxylic acids is 1. The van der Waals surface area contributed by atoms with Gasteiger partial charge in [0.15, 0.2) is 24.6 Å². The van der Waals surface area contributed by atoms with E-state index in [0.717, 1.165) is 77.0 Å². The molecular weight excluding hydrogens is 997 g/mol. The zero-order chi connectivity index (χ0) is 57.5. The summed E-state index contributed by atoms with van der Waals surface area (Å²) in [5.74, 6) is -3.08. The Labute approximate surface area is 484 Å². The van der Waals surface area contributed by atoms with Gasteiger partial charge in [-0.25, -0.2) is 4.79 Å². The van der Waals surface area contributed by atoms with Crippen LogP contribution in [0.3, 0.4) is 0 Å².